The number of oxime groups is 1. The van der Waals surface area contributed by atoms with Crippen LogP contribution in [0.15, 0.2) is 19.9 Å². The Balaban J connectivity index is 2.46. The molecule has 0 aliphatic heterocycles. The van der Waals surface area contributed by atoms with Crippen molar-refractivity contribution in [2.45, 2.75) is 31.1 Å². The Morgan fingerprint density at radius 1 is 1.58 bits per heavy atom. The van der Waals surface area contributed by atoms with Crippen molar-refractivity contribution in [2.24, 2.45) is 10.9 Å². The summed E-state index contributed by atoms with van der Waals surface area (Å²) >= 11 is 4.65. The van der Waals surface area contributed by atoms with E-state index in [1.807, 2.05) is 0 Å². The first-order chi connectivity index (χ1) is 8.86. The molecule has 0 aliphatic rings. The first-order valence-electron chi connectivity index (χ1n) is 5.59. The standard InChI is InChI=1S/C10H16BrN3O3S2/c1-7-8(6-9(11)18-7)19(16,17)13-5-3-2-4-10(12)14-15/h6,13,15H,2-5H2,1H3,(H2,12,14). The molecule has 1 heterocycles. The third-order valence-electron chi connectivity index (χ3n) is 2.41. The van der Waals surface area contributed by atoms with Gasteiger partial charge in [-0.15, -0.1) is 11.3 Å². The summed E-state index contributed by atoms with van der Waals surface area (Å²) in [4.78, 5) is 1.05. The molecule has 6 nitrogen and oxygen atoms in total. The smallest absolute Gasteiger partial charge is 0.241 e. The average molecular weight is 370 g/mol. The van der Waals surface area contributed by atoms with Gasteiger partial charge in [0.2, 0.25) is 10.0 Å². The number of halogens is 1. The molecule has 0 radical (unpaired) electrons. The van der Waals surface area contributed by atoms with Crippen LogP contribution < -0.4 is 10.5 Å². The van der Waals surface area contributed by atoms with Gasteiger partial charge in [0.25, 0.3) is 0 Å². The van der Waals surface area contributed by atoms with Gasteiger partial charge in [-0.1, -0.05) is 5.16 Å². The largest absolute Gasteiger partial charge is 0.409 e. The molecule has 1 aromatic rings. The van der Waals surface area contributed by atoms with Crippen LogP contribution in [0.1, 0.15) is 24.1 Å². The third kappa shape index (κ3) is 5.09. The summed E-state index contributed by atoms with van der Waals surface area (Å²) in [6.45, 7) is 2.09. The molecule has 0 unspecified atom stereocenters. The number of nitrogens with one attached hydrogen (secondary N) is 1. The number of hydrogen-bond acceptors (Lipinski definition) is 5. The van der Waals surface area contributed by atoms with Crippen LogP contribution in [0.4, 0.5) is 0 Å². The highest BCUT2D eigenvalue weighted by atomic mass is 79.9. The van der Waals surface area contributed by atoms with Crippen LogP contribution in [0.5, 0.6) is 0 Å². The number of thiophene rings is 1. The molecule has 0 atom stereocenters. The van der Waals surface area contributed by atoms with Crippen molar-refractivity contribution in [2.75, 3.05) is 6.54 Å². The van der Waals surface area contributed by atoms with Gasteiger partial charge in [0.1, 0.15) is 5.84 Å². The van der Waals surface area contributed by atoms with Crippen LogP contribution in [0.25, 0.3) is 0 Å². The van der Waals surface area contributed by atoms with Crippen LogP contribution in [0.2, 0.25) is 0 Å². The van der Waals surface area contributed by atoms with Gasteiger partial charge in [-0.05, 0) is 41.8 Å². The lowest BCUT2D eigenvalue weighted by Crippen LogP contribution is -2.25. The quantitative estimate of drug-likeness (QED) is 0.224. The third-order valence-corrected chi connectivity index (χ3v) is 5.68. The lowest BCUT2D eigenvalue weighted by molar-refractivity contribution is 0.316. The topological polar surface area (TPSA) is 105 Å². The molecule has 0 amide bonds. The molecule has 19 heavy (non-hydrogen) atoms. The number of rotatable bonds is 7. The van der Waals surface area contributed by atoms with Crippen LogP contribution in [0, 0.1) is 6.92 Å². The first kappa shape index (κ1) is 16.4. The second kappa shape index (κ2) is 7.22. The molecule has 4 N–H and O–H groups in total. The monoisotopic (exact) mass is 369 g/mol. The maximum atomic E-state index is 12.0. The lowest BCUT2D eigenvalue weighted by atomic mass is 10.2. The normalized spacial score (nSPS) is 12.8. The molecular formula is C10H16BrN3O3S2. The molecule has 1 aromatic heterocycles. The SMILES string of the molecule is Cc1sc(Br)cc1S(=O)(=O)NCCCCC(N)=NO. The van der Waals surface area contributed by atoms with Crippen molar-refractivity contribution in [3.05, 3.63) is 14.7 Å². The van der Waals surface area contributed by atoms with Crippen molar-refractivity contribution in [1.29, 1.82) is 0 Å². The Morgan fingerprint density at radius 3 is 2.79 bits per heavy atom. The van der Waals surface area contributed by atoms with Gasteiger partial charge in [0.05, 0.1) is 8.68 Å². The highest BCUT2D eigenvalue weighted by Gasteiger charge is 2.18. The maximum absolute atomic E-state index is 12.0. The van der Waals surface area contributed by atoms with Gasteiger partial charge in [-0.25, -0.2) is 13.1 Å². The number of unbranched alkanes of at least 4 members (excludes halogenated alkanes) is 1. The fourth-order valence-electron chi connectivity index (χ4n) is 1.46. The van der Waals surface area contributed by atoms with Gasteiger partial charge in [-0.3, -0.25) is 0 Å². The highest BCUT2D eigenvalue weighted by Crippen LogP contribution is 2.29. The summed E-state index contributed by atoms with van der Waals surface area (Å²) in [5, 5.41) is 11.2. The summed E-state index contributed by atoms with van der Waals surface area (Å²) in [5.41, 5.74) is 5.31. The zero-order valence-corrected chi connectivity index (χ0v) is 13.6. The van der Waals surface area contributed by atoms with E-state index in [2.05, 4.69) is 25.8 Å². The van der Waals surface area contributed by atoms with E-state index in [4.69, 9.17) is 10.9 Å². The van der Waals surface area contributed by atoms with E-state index in [1.54, 1.807) is 13.0 Å². The van der Waals surface area contributed by atoms with Crippen LogP contribution in [-0.2, 0) is 10.0 Å². The molecule has 0 aliphatic carbocycles. The Labute approximate surface area is 124 Å². The summed E-state index contributed by atoms with van der Waals surface area (Å²) < 4.78 is 27.3. The summed E-state index contributed by atoms with van der Waals surface area (Å²) in [5.74, 6) is 0.153. The summed E-state index contributed by atoms with van der Waals surface area (Å²) in [7, 11) is -3.46. The van der Waals surface area contributed by atoms with E-state index >= 15 is 0 Å². The predicted molar refractivity (Wildman–Crippen MR) is 79.2 cm³/mol. The Morgan fingerprint density at radius 2 is 2.26 bits per heavy atom. The molecule has 0 aromatic carbocycles. The van der Waals surface area contributed by atoms with E-state index in [0.29, 0.717) is 30.7 Å². The predicted octanol–water partition coefficient (Wildman–Crippen LogP) is 2.01. The number of nitrogens with zero attached hydrogens (tertiary/aromatic N) is 1. The van der Waals surface area contributed by atoms with Gasteiger partial charge in [0, 0.05) is 17.8 Å². The van der Waals surface area contributed by atoms with Crippen LogP contribution in [-0.4, -0.2) is 26.0 Å². The molecule has 108 valence electrons. The number of hydrogen-bond donors (Lipinski definition) is 3. The molecule has 0 fully saturated rings. The molecule has 1 rings (SSSR count). The Hall–Kier alpha value is -0.640. The lowest BCUT2D eigenvalue weighted by Gasteiger charge is -2.05. The minimum absolute atomic E-state index is 0.153. The van der Waals surface area contributed by atoms with Crippen LogP contribution >= 0.6 is 27.3 Å². The summed E-state index contributed by atoms with van der Waals surface area (Å²) in [6.07, 6.45) is 1.73. The molecule has 0 saturated heterocycles. The molecule has 9 heteroatoms. The fraction of sp³-hybridized carbons (Fsp3) is 0.500. The van der Waals surface area contributed by atoms with Crippen LogP contribution in [0.3, 0.4) is 0 Å². The molecular weight excluding hydrogens is 354 g/mol. The van der Waals surface area contributed by atoms with Crippen molar-refractivity contribution < 1.29 is 13.6 Å². The zero-order valence-electron chi connectivity index (χ0n) is 10.4. The Bertz CT molecular complexity index is 554. The van der Waals surface area contributed by atoms with E-state index in [1.165, 1.54) is 11.3 Å². The first-order valence-corrected chi connectivity index (χ1v) is 8.68. The summed E-state index contributed by atoms with van der Waals surface area (Å²) in [6, 6.07) is 1.60. The van der Waals surface area contributed by atoms with Crippen molar-refractivity contribution in [3.8, 4) is 0 Å². The van der Waals surface area contributed by atoms with E-state index in [-0.39, 0.29) is 5.84 Å². The van der Waals surface area contributed by atoms with Gasteiger partial charge in [-0.2, -0.15) is 0 Å². The molecule has 0 bridgehead atoms. The van der Waals surface area contributed by atoms with E-state index < -0.39 is 10.0 Å². The van der Waals surface area contributed by atoms with Gasteiger partial charge >= 0.3 is 0 Å². The second-order valence-corrected chi connectivity index (χ2v) is 8.29. The van der Waals surface area contributed by atoms with Gasteiger partial charge in [0.15, 0.2) is 0 Å². The number of sulfonamides is 1. The minimum atomic E-state index is -3.46. The maximum Gasteiger partial charge on any atom is 0.241 e. The number of aryl methyl sites for hydroxylation is 1. The van der Waals surface area contributed by atoms with Crippen molar-refractivity contribution >= 4 is 43.1 Å². The highest BCUT2D eigenvalue weighted by molar-refractivity contribution is 9.11. The number of nitrogens with two attached hydrogens (primary N) is 1. The Kier molecular flexibility index (Phi) is 6.24. The second-order valence-electron chi connectivity index (χ2n) is 3.92. The zero-order chi connectivity index (χ0) is 14.5. The van der Waals surface area contributed by atoms with Gasteiger partial charge < -0.3 is 10.9 Å². The average Bonchev–Trinajstić information content (AvgIpc) is 2.68. The van der Waals surface area contributed by atoms with Crippen molar-refractivity contribution in [3.63, 3.8) is 0 Å². The van der Waals surface area contributed by atoms with E-state index in [0.717, 1.165) is 8.66 Å². The minimum Gasteiger partial charge on any atom is -0.409 e. The molecule has 0 saturated carbocycles. The number of amidine groups is 1. The molecule has 0 spiro atoms. The van der Waals surface area contributed by atoms with Crippen molar-refractivity contribution in [1.82, 2.24) is 4.72 Å². The fourth-order valence-corrected chi connectivity index (χ4v) is 4.95. The van der Waals surface area contributed by atoms with E-state index in [9.17, 15) is 8.42 Å².